The van der Waals surface area contributed by atoms with Crippen LogP contribution in [0, 0.1) is 6.92 Å². The third-order valence-electron chi connectivity index (χ3n) is 3.46. The zero-order valence-electron chi connectivity index (χ0n) is 13.5. The molecule has 0 amide bonds. The second kappa shape index (κ2) is 6.66. The lowest BCUT2D eigenvalue weighted by molar-refractivity contribution is 0.573. The minimum Gasteiger partial charge on any atom is -0.271 e. The van der Waals surface area contributed by atoms with Gasteiger partial charge in [-0.2, -0.15) is 13.1 Å². The van der Waals surface area contributed by atoms with Crippen molar-refractivity contribution in [3.63, 3.8) is 0 Å². The fraction of sp³-hybridized carbons (Fsp3) is 0.571. The zero-order valence-corrected chi connectivity index (χ0v) is 15.2. The second-order valence-corrected chi connectivity index (χ2v) is 9.43. The van der Waals surface area contributed by atoms with Gasteiger partial charge in [0.1, 0.15) is 0 Å². The number of rotatable bonds is 5. The normalized spacial score (nSPS) is 18.2. The molecule has 0 aromatic heterocycles. The molecule has 0 atom stereocenters. The molecule has 130 valence electrons. The Labute approximate surface area is 138 Å². The molecule has 23 heavy (non-hydrogen) atoms. The van der Waals surface area contributed by atoms with Gasteiger partial charge in [0, 0.05) is 12.6 Å². The highest BCUT2D eigenvalue weighted by Crippen LogP contribution is 2.29. The molecule has 7 nitrogen and oxygen atoms in total. The van der Waals surface area contributed by atoms with Gasteiger partial charge in [-0.1, -0.05) is 0 Å². The van der Waals surface area contributed by atoms with Crippen LogP contribution in [0.25, 0.3) is 0 Å². The quantitative estimate of drug-likeness (QED) is 0.832. The van der Waals surface area contributed by atoms with Crippen molar-refractivity contribution in [2.45, 2.75) is 39.7 Å². The zero-order chi connectivity index (χ0) is 17.3. The number of hydrogen-bond donors (Lipinski definition) is 2. The Morgan fingerprint density at radius 1 is 1.22 bits per heavy atom. The van der Waals surface area contributed by atoms with E-state index in [0.29, 0.717) is 29.9 Å². The summed E-state index contributed by atoms with van der Waals surface area (Å²) in [5.74, 6) is 0.152. The molecular weight excluding hydrogens is 338 g/mol. The fourth-order valence-corrected chi connectivity index (χ4v) is 5.37. The van der Waals surface area contributed by atoms with Crippen LogP contribution in [0.1, 0.15) is 32.3 Å². The van der Waals surface area contributed by atoms with E-state index in [4.69, 9.17) is 0 Å². The Balaban J connectivity index is 2.25. The summed E-state index contributed by atoms with van der Waals surface area (Å²) in [6.45, 7) is 5.69. The minimum absolute atomic E-state index is 0.152. The van der Waals surface area contributed by atoms with E-state index >= 15 is 0 Å². The SMILES string of the molecule is Cc1cc(NS(=O)(=O)NC(C)C)ccc1N1CCCCS1(=O)=O. The molecule has 1 aliphatic rings. The van der Waals surface area contributed by atoms with Crippen molar-refractivity contribution in [2.75, 3.05) is 21.3 Å². The standard InChI is InChI=1S/C14H23N3O4S2/c1-11(2)15-23(20,21)16-13-6-7-14(12(3)10-13)17-8-4-5-9-22(17,18)19/h6-7,10-11,15-16H,4-5,8-9H2,1-3H3. The van der Waals surface area contributed by atoms with Crippen LogP contribution in [-0.2, 0) is 20.2 Å². The van der Waals surface area contributed by atoms with E-state index in [1.807, 2.05) is 0 Å². The van der Waals surface area contributed by atoms with Crippen LogP contribution in [-0.4, -0.2) is 35.2 Å². The maximum atomic E-state index is 12.2. The van der Waals surface area contributed by atoms with Gasteiger partial charge in [-0.15, -0.1) is 0 Å². The molecule has 1 saturated heterocycles. The van der Waals surface area contributed by atoms with Crippen LogP contribution in [0.15, 0.2) is 18.2 Å². The summed E-state index contributed by atoms with van der Waals surface area (Å²) in [5, 5.41) is 0. The molecule has 1 aromatic rings. The third-order valence-corrected chi connectivity index (χ3v) is 6.60. The first-order chi connectivity index (χ1) is 10.6. The lowest BCUT2D eigenvalue weighted by Gasteiger charge is -2.29. The first-order valence-electron chi connectivity index (χ1n) is 7.52. The maximum absolute atomic E-state index is 12.2. The first-order valence-corrected chi connectivity index (χ1v) is 10.6. The molecule has 0 radical (unpaired) electrons. The number of hydrogen-bond acceptors (Lipinski definition) is 4. The van der Waals surface area contributed by atoms with Crippen molar-refractivity contribution in [3.05, 3.63) is 23.8 Å². The Kier molecular flexibility index (Phi) is 5.22. The topological polar surface area (TPSA) is 95.6 Å². The maximum Gasteiger partial charge on any atom is 0.299 e. The van der Waals surface area contributed by atoms with Crippen LogP contribution >= 0.6 is 0 Å². The van der Waals surface area contributed by atoms with Gasteiger partial charge in [0.2, 0.25) is 10.0 Å². The number of anilines is 2. The van der Waals surface area contributed by atoms with Crippen molar-refractivity contribution >= 4 is 31.6 Å². The lowest BCUT2D eigenvalue weighted by atomic mass is 10.1. The molecule has 1 heterocycles. The van der Waals surface area contributed by atoms with Gasteiger partial charge in [0.25, 0.3) is 10.2 Å². The number of benzene rings is 1. The third kappa shape index (κ3) is 4.58. The fourth-order valence-electron chi connectivity index (χ4n) is 2.55. The van der Waals surface area contributed by atoms with Gasteiger partial charge in [-0.05, 0) is 57.4 Å². The van der Waals surface area contributed by atoms with E-state index in [2.05, 4.69) is 9.44 Å². The monoisotopic (exact) mass is 361 g/mol. The van der Waals surface area contributed by atoms with Crippen molar-refractivity contribution in [1.82, 2.24) is 4.72 Å². The summed E-state index contributed by atoms with van der Waals surface area (Å²) in [6, 6.07) is 4.64. The summed E-state index contributed by atoms with van der Waals surface area (Å²) in [5.41, 5.74) is 1.71. The molecule has 9 heteroatoms. The molecule has 2 N–H and O–H groups in total. The first kappa shape index (κ1) is 18.0. The second-order valence-electron chi connectivity index (χ2n) is 5.97. The van der Waals surface area contributed by atoms with E-state index in [0.717, 1.165) is 6.42 Å². The molecule has 0 spiro atoms. The largest absolute Gasteiger partial charge is 0.299 e. The average molecular weight is 361 g/mol. The highest BCUT2D eigenvalue weighted by Gasteiger charge is 2.27. The Hall–Kier alpha value is -1.32. The average Bonchev–Trinajstić information content (AvgIpc) is 2.37. The molecule has 1 aliphatic heterocycles. The molecule has 2 rings (SSSR count). The van der Waals surface area contributed by atoms with Crippen LogP contribution < -0.4 is 13.7 Å². The van der Waals surface area contributed by atoms with Gasteiger partial charge < -0.3 is 0 Å². The van der Waals surface area contributed by atoms with Gasteiger partial charge in [-0.25, -0.2) is 8.42 Å². The van der Waals surface area contributed by atoms with Crippen LogP contribution in [0.3, 0.4) is 0 Å². The van der Waals surface area contributed by atoms with Crippen LogP contribution in [0.4, 0.5) is 11.4 Å². The number of sulfonamides is 1. The minimum atomic E-state index is -3.64. The predicted molar refractivity (Wildman–Crippen MR) is 92.4 cm³/mol. The summed E-state index contributed by atoms with van der Waals surface area (Å²) >= 11 is 0. The van der Waals surface area contributed by atoms with Crippen molar-refractivity contribution in [2.24, 2.45) is 0 Å². The number of aryl methyl sites for hydroxylation is 1. The Morgan fingerprint density at radius 2 is 1.91 bits per heavy atom. The molecule has 1 aromatic carbocycles. The van der Waals surface area contributed by atoms with Gasteiger partial charge in [-0.3, -0.25) is 9.03 Å². The predicted octanol–water partition coefficient (Wildman–Crippen LogP) is 1.58. The highest BCUT2D eigenvalue weighted by atomic mass is 32.2. The summed E-state index contributed by atoms with van der Waals surface area (Å²) < 4.78 is 54.4. The lowest BCUT2D eigenvalue weighted by Crippen LogP contribution is -2.38. The van der Waals surface area contributed by atoms with E-state index < -0.39 is 20.2 Å². The smallest absolute Gasteiger partial charge is 0.271 e. The number of nitrogens with one attached hydrogen (secondary N) is 2. The Morgan fingerprint density at radius 3 is 2.48 bits per heavy atom. The van der Waals surface area contributed by atoms with E-state index in [1.165, 1.54) is 4.31 Å². The van der Waals surface area contributed by atoms with Crippen molar-refractivity contribution in [1.29, 1.82) is 0 Å². The summed E-state index contributed by atoms with van der Waals surface area (Å²) in [6.07, 6.45) is 1.50. The summed E-state index contributed by atoms with van der Waals surface area (Å²) in [7, 11) is -6.92. The molecule has 0 bridgehead atoms. The van der Waals surface area contributed by atoms with Crippen molar-refractivity contribution < 1.29 is 16.8 Å². The molecule has 0 saturated carbocycles. The molecular formula is C14H23N3O4S2. The van der Waals surface area contributed by atoms with Crippen molar-refractivity contribution in [3.8, 4) is 0 Å². The highest BCUT2D eigenvalue weighted by molar-refractivity contribution is 7.92. The Bertz CT molecular complexity index is 773. The van der Waals surface area contributed by atoms with E-state index in [9.17, 15) is 16.8 Å². The molecule has 1 fully saturated rings. The summed E-state index contributed by atoms with van der Waals surface area (Å²) in [4.78, 5) is 0. The van der Waals surface area contributed by atoms with Crippen LogP contribution in [0.2, 0.25) is 0 Å². The number of nitrogens with zero attached hydrogens (tertiary/aromatic N) is 1. The van der Waals surface area contributed by atoms with Gasteiger partial charge >= 0.3 is 0 Å². The van der Waals surface area contributed by atoms with Gasteiger partial charge in [0.05, 0.1) is 17.1 Å². The van der Waals surface area contributed by atoms with Crippen LogP contribution in [0.5, 0.6) is 0 Å². The van der Waals surface area contributed by atoms with E-state index in [1.54, 1.807) is 39.0 Å². The van der Waals surface area contributed by atoms with E-state index in [-0.39, 0.29) is 11.8 Å². The molecule has 0 unspecified atom stereocenters. The van der Waals surface area contributed by atoms with Gasteiger partial charge in [0.15, 0.2) is 0 Å². The molecule has 0 aliphatic carbocycles.